The maximum Gasteiger partial charge on any atom is 0.247 e. The second-order valence-electron chi connectivity index (χ2n) is 4.67. The van der Waals surface area contributed by atoms with Crippen LogP contribution < -0.4 is 5.32 Å². The number of rotatable bonds is 2. The van der Waals surface area contributed by atoms with Crippen LogP contribution in [0.2, 0.25) is 0 Å². The second-order valence-corrected chi connectivity index (χ2v) is 5.62. The van der Waals surface area contributed by atoms with Crippen LogP contribution in [0, 0.1) is 11.8 Å². The van der Waals surface area contributed by atoms with Gasteiger partial charge in [0.15, 0.2) is 0 Å². The van der Waals surface area contributed by atoms with Crippen molar-refractivity contribution in [1.82, 2.24) is 9.55 Å². The van der Waals surface area contributed by atoms with Gasteiger partial charge in [0.2, 0.25) is 5.91 Å². The number of pyridine rings is 1. The van der Waals surface area contributed by atoms with E-state index in [1.807, 2.05) is 41.4 Å². The van der Waals surface area contributed by atoms with Gasteiger partial charge in [0.1, 0.15) is 5.65 Å². The van der Waals surface area contributed by atoms with Crippen LogP contribution >= 0.6 is 11.3 Å². The van der Waals surface area contributed by atoms with Crippen LogP contribution in [-0.4, -0.2) is 15.5 Å². The van der Waals surface area contributed by atoms with E-state index in [0.29, 0.717) is 5.69 Å². The van der Waals surface area contributed by atoms with E-state index in [1.54, 1.807) is 17.5 Å². The molecular weight excluding hydrogens is 294 g/mol. The van der Waals surface area contributed by atoms with Gasteiger partial charge in [-0.1, -0.05) is 24.5 Å². The largest absolute Gasteiger partial charge is 0.334 e. The van der Waals surface area contributed by atoms with Crippen molar-refractivity contribution < 1.29 is 4.79 Å². The third-order valence-corrected chi connectivity index (χ3v) is 3.89. The molecule has 3 aromatic heterocycles. The molecule has 0 aliphatic heterocycles. The number of hydrogen-bond acceptors (Lipinski definition) is 3. The van der Waals surface area contributed by atoms with E-state index in [9.17, 15) is 4.79 Å². The van der Waals surface area contributed by atoms with E-state index in [0.717, 1.165) is 21.5 Å². The molecule has 0 saturated carbocycles. The first-order chi connectivity index (χ1) is 10.7. The standard InChI is InChI=1S/C17H13N3OS/c1-3-16(21)19-13-9-15-12(6-7-14-5-4-8-22-14)11-20(2)17(15)18-10-13/h3-5,8-11H,1H2,2H3,(H,19,21). The number of fused-ring (bicyclic) bond motifs is 1. The molecule has 3 heterocycles. The Morgan fingerprint density at radius 3 is 3.09 bits per heavy atom. The van der Waals surface area contributed by atoms with Crippen LogP contribution in [0.15, 0.2) is 48.6 Å². The van der Waals surface area contributed by atoms with E-state index in [1.165, 1.54) is 6.08 Å². The summed E-state index contributed by atoms with van der Waals surface area (Å²) in [5, 5.41) is 5.62. The van der Waals surface area contributed by atoms with Crippen molar-refractivity contribution >= 4 is 34.0 Å². The Kier molecular flexibility index (Phi) is 3.77. The molecule has 4 nitrogen and oxygen atoms in total. The van der Waals surface area contributed by atoms with Crippen LogP contribution in [0.4, 0.5) is 5.69 Å². The Hall–Kier alpha value is -2.84. The average Bonchev–Trinajstić information content (AvgIpc) is 3.13. The molecule has 0 saturated heterocycles. The zero-order valence-electron chi connectivity index (χ0n) is 12.0. The number of aromatic nitrogens is 2. The highest BCUT2D eigenvalue weighted by Gasteiger charge is 2.08. The average molecular weight is 307 g/mol. The second kappa shape index (κ2) is 5.88. The molecule has 0 bridgehead atoms. The zero-order chi connectivity index (χ0) is 15.5. The number of aryl methyl sites for hydroxylation is 1. The Labute approximate surface area is 132 Å². The summed E-state index contributed by atoms with van der Waals surface area (Å²) in [7, 11) is 1.92. The van der Waals surface area contributed by atoms with Gasteiger partial charge in [-0.25, -0.2) is 4.98 Å². The van der Waals surface area contributed by atoms with E-state index >= 15 is 0 Å². The summed E-state index contributed by atoms with van der Waals surface area (Å²) in [5.41, 5.74) is 2.34. The molecule has 1 amide bonds. The van der Waals surface area contributed by atoms with Crippen molar-refractivity contribution in [2.45, 2.75) is 0 Å². The zero-order valence-corrected chi connectivity index (χ0v) is 12.8. The third kappa shape index (κ3) is 2.78. The molecule has 0 aliphatic rings. The highest BCUT2D eigenvalue weighted by Crippen LogP contribution is 2.22. The van der Waals surface area contributed by atoms with Gasteiger partial charge in [-0.05, 0) is 23.6 Å². The topological polar surface area (TPSA) is 46.9 Å². The van der Waals surface area contributed by atoms with Gasteiger partial charge in [0.05, 0.1) is 22.3 Å². The van der Waals surface area contributed by atoms with Crippen molar-refractivity contribution in [3.8, 4) is 11.8 Å². The first-order valence-electron chi connectivity index (χ1n) is 6.61. The lowest BCUT2D eigenvalue weighted by Crippen LogP contribution is -2.07. The van der Waals surface area contributed by atoms with Gasteiger partial charge >= 0.3 is 0 Å². The Morgan fingerprint density at radius 1 is 1.50 bits per heavy atom. The number of carbonyl (C=O) groups excluding carboxylic acids is 1. The molecule has 0 spiro atoms. The number of nitrogens with one attached hydrogen (secondary N) is 1. The summed E-state index contributed by atoms with van der Waals surface area (Å²) in [5.74, 6) is 6.05. The molecule has 0 fully saturated rings. The fourth-order valence-electron chi connectivity index (χ4n) is 2.10. The van der Waals surface area contributed by atoms with Crippen molar-refractivity contribution in [2.75, 3.05) is 5.32 Å². The smallest absolute Gasteiger partial charge is 0.247 e. The van der Waals surface area contributed by atoms with E-state index in [-0.39, 0.29) is 5.91 Å². The Bertz CT molecular complexity index is 911. The predicted octanol–water partition coefficient (Wildman–Crippen LogP) is 3.16. The van der Waals surface area contributed by atoms with Crippen molar-refractivity contribution in [3.05, 3.63) is 59.1 Å². The highest BCUT2D eigenvalue weighted by atomic mass is 32.1. The van der Waals surface area contributed by atoms with Gasteiger partial charge in [-0.3, -0.25) is 4.79 Å². The van der Waals surface area contributed by atoms with Crippen LogP contribution in [-0.2, 0) is 11.8 Å². The minimum Gasteiger partial charge on any atom is -0.334 e. The van der Waals surface area contributed by atoms with Gasteiger partial charge in [-0.2, -0.15) is 0 Å². The fraction of sp³-hybridized carbons (Fsp3) is 0.0588. The summed E-state index contributed by atoms with van der Waals surface area (Å²) in [4.78, 5) is 16.8. The summed E-state index contributed by atoms with van der Waals surface area (Å²) in [6, 6.07) is 5.83. The SMILES string of the molecule is C=CC(=O)Nc1cnc2c(c1)c(C#Cc1cccs1)cn2C. The van der Waals surface area contributed by atoms with Crippen LogP contribution in [0.5, 0.6) is 0 Å². The minimum atomic E-state index is -0.261. The Morgan fingerprint density at radius 2 is 2.36 bits per heavy atom. The number of carbonyl (C=O) groups is 1. The van der Waals surface area contributed by atoms with E-state index in [4.69, 9.17) is 0 Å². The lowest BCUT2D eigenvalue weighted by Gasteiger charge is -2.02. The molecule has 1 N–H and O–H groups in total. The summed E-state index contributed by atoms with van der Waals surface area (Å²) < 4.78 is 1.92. The third-order valence-electron chi connectivity index (χ3n) is 3.11. The number of hydrogen-bond donors (Lipinski definition) is 1. The van der Waals surface area contributed by atoms with Crippen LogP contribution in [0.3, 0.4) is 0 Å². The van der Waals surface area contributed by atoms with Gasteiger partial charge in [-0.15, -0.1) is 11.3 Å². The molecule has 0 atom stereocenters. The lowest BCUT2D eigenvalue weighted by atomic mass is 10.2. The monoisotopic (exact) mass is 307 g/mol. The normalized spacial score (nSPS) is 10.0. The number of amides is 1. The van der Waals surface area contributed by atoms with Gasteiger partial charge in [0, 0.05) is 18.6 Å². The molecular formula is C17H13N3OS. The number of anilines is 1. The molecule has 108 valence electrons. The molecule has 0 aromatic carbocycles. The molecule has 5 heteroatoms. The van der Waals surface area contributed by atoms with Crippen LogP contribution in [0.25, 0.3) is 11.0 Å². The van der Waals surface area contributed by atoms with Crippen molar-refractivity contribution in [1.29, 1.82) is 0 Å². The van der Waals surface area contributed by atoms with Crippen molar-refractivity contribution in [3.63, 3.8) is 0 Å². The lowest BCUT2D eigenvalue weighted by molar-refractivity contribution is -0.111. The quantitative estimate of drug-likeness (QED) is 0.584. The summed E-state index contributed by atoms with van der Waals surface area (Å²) >= 11 is 1.60. The summed E-state index contributed by atoms with van der Waals surface area (Å²) in [6.07, 6.45) is 4.80. The van der Waals surface area contributed by atoms with E-state index < -0.39 is 0 Å². The maximum atomic E-state index is 11.4. The number of thiophene rings is 1. The first-order valence-corrected chi connectivity index (χ1v) is 7.49. The maximum absolute atomic E-state index is 11.4. The molecule has 3 rings (SSSR count). The first kappa shape index (κ1) is 14.1. The fourth-order valence-corrected chi connectivity index (χ4v) is 2.67. The summed E-state index contributed by atoms with van der Waals surface area (Å²) in [6.45, 7) is 3.44. The molecule has 0 radical (unpaired) electrons. The Balaban J connectivity index is 2.04. The van der Waals surface area contributed by atoms with Crippen LogP contribution in [0.1, 0.15) is 10.4 Å². The molecule has 0 aliphatic carbocycles. The molecule has 0 unspecified atom stereocenters. The van der Waals surface area contributed by atoms with Gasteiger partial charge < -0.3 is 9.88 Å². The number of nitrogens with zero attached hydrogens (tertiary/aromatic N) is 2. The van der Waals surface area contributed by atoms with E-state index in [2.05, 4.69) is 28.7 Å². The minimum absolute atomic E-state index is 0.261. The van der Waals surface area contributed by atoms with Crippen molar-refractivity contribution in [2.24, 2.45) is 7.05 Å². The predicted molar refractivity (Wildman–Crippen MR) is 89.8 cm³/mol. The molecule has 22 heavy (non-hydrogen) atoms. The molecule has 3 aromatic rings. The highest BCUT2D eigenvalue weighted by molar-refractivity contribution is 7.10. The van der Waals surface area contributed by atoms with Gasteiger partial charge in [0.25, 0.3) is 0 Å².